The molecule has 12 nitrogen and oxygen atoms in total. The van der Waals surface area contributed by atoms with Crippen LogP contribution in [0.3, 0.4) is 0 Å². The second kappa shape index (κ2) is 20.3. The Morgan fingerprint density at radius 1 is 0.688 bits per heavy atom. The van der Waals surface area contributed by atoms with Gasteiger partial charge in [-0.05, 0) is 71.8 Å². The second-order valence-corrected chi connectivity index (χ2v) is 15.1. The van der Waals surface area contributed by atoms with Crippen molar-refractivity contribution in [3.05, 3.63) is 141 Å². The number of halogens is 10. The summed E-state index contributed by atoms with van der Waals surface area (Å²) < 4.78 is 85.7. The maximum Gasteiger partial charge on any atom is 0.417 e. The van der Waals surface area contributed by atoms with Gasteiger partial charge in [0.2, 0.25) is 0 Å². The summed E-state index contributed by atoms with van der Waals surface area (Å²) in [5.74, 6) is -1.72. The summed E-state index contributed by atoms with van der Waals surface area (Å²) in [6, 6.07) is 18.3. The third kappa shape index (κ3) is 9.63. The van der Waals surface area contributed by atoms with Gasteiger partial charge >= 0.3 is 24.4 Å². The van der Waals surface area contributed by atoms with Gasteiger partial charge in [0, 0.05) is 24.1 Å². The van der Waals surface area contributed by atoms with Crippen molar-refractivity contribution in [3.8, 4) is 12.1 Å². The Hall–Kier alpha value is -5.86. The van der Waals surface area contributed by atoms with E-state index in [0.717, 1.165) is 34.1 Å². The summed E-state index contributed by atoms with van der Waals surface area (Å²) in [5.41, 5.74) is -7.28. The Labute approximate surface area is 381 Å². The number of ether oxygens (including phenoxy) is 1. The maximum absolute atomic E-state index is 13.6. The van der Waals surface area contributed by atoms with Crippen molar-refractivity contribution in [2.24, 2.45) is 0 Å². The molecule has 2 saturated heterocycles. The molecule has 22 heteroatoms. The van der Waals surface area contributed by atoms with E-state index in [4.69, 9.17) is 61.7 Å². The van der Waals surface area contributed by atoms with E-state index in [-0.39, 0.29) is 35.5 Å². The highest BCUT2D eigenvalue weighted by atomic mass is 35.5. The predicted molar refractivity (Wildman–Crippen MR) is 225 cm³/mol. The van der Waals surface area contributed by atoms with Gasteiger partial charge in [-0.3, -0.25) is 9.59 Å². The monoisotopic (exact) mass is 970 g/mol. The van der Waals surface area contributed by atoms with Gasteiger partial charge in [-0.15, -0.1) is 29.8 Å². The van der Waals surface area contributed by atoms with Crippen LogP contribution in [0.25, 0.3) is 0 Å². The van der Waals surface area contributed by atoms with Gasteiger partial charge in [0.15, 0.2) is 11.1 Å². The Kier molecular flexibility index (Phi) is 16.1. The molecule has 4 aromatic rings. The molecule has 0 aromatic heterocycles. The number of hydrogen-bond donors (Lipinski definition) is 1. The molecular formula is C42H32Cl4F6N6O6. The summed E-state index contributed by atoms with van der Waals surface area (Å²) in [4.78, 5) is 56.0. The van der Waals surface area contributed by atoms with E-state index in [9.17, 15) is 50.6 Å². The molecule has 2 atom stereocenters. The van der Waals surface area contributed by atoms with Crippen LogP contribution in [0.5, 0.6) is 0 Å². The van der Waals surface area contributed by atoms with Gasteiger partial charge in [-0.25, -0.2) is 19.4 Å². The first kappa shape index (κ1) is 50.8. The Morgan fingerprint density at radius 3 is 1.39 bits per heavy atom. The molecule has 336 valence electrons. The van der Waals surface area contributed by atoms with Gasteiger partial charge in [0.25, 0.3) is 11.8 Å². The number of aliphatic hydroxyl groups excluding tert-OH is 1. The quantitative estimate of drug-likeness (QED) is 0.0571. The van der Waals surface area contributed by atoms with Crippen molar-refractivity contribution in [2.75, 3.05) is 49.1 Å². The molecule has 64 heavy (non-hydrogen) atoms. The minimum Gasteiger partial charge on any atom is -0.393 e. The lowest BCUT2D eigenvalue weighted by Crippen LogP contribution is -2.49. The van der Waals surface area contributed by atoms with Crippen molar-refractivity contribution >= 4 is 81.7 Å². The fraction of sp³-hybridized carbons (Fsp3) is 0.238. The van der Waals surface area contributed by atoms with E-state index in [0.29, 0.717) is 37.5 Å². The lowest BCUT2D eigenvalue weighted by molar-refractivity contribution is -0.138. The van der Waals surface area contributed by atoms with Crippen LogP contribution in [-0.2, 0) is 37.8 Å². The molecule has 1 N–H and O–H groups in total. The fourth-order valence-electron chi connectivity index (χ4n) is 6.80. The molecule has 0 radical (unpaired) electrons. The zero-order valence-corrected chi connectivity index (χ0v) is 36.2. The van der Waals surface area contributed by atoms with Crippen molar-refractivity contribution < 1.29 is 55.4 Å². The Morgan fingerprint density at radius 2 is 1.05 bits per heavy atom. The summed E-state index contributed by atoms with van der Waals surface area (Å²) in [5, 5.41) is 28.9. The highest BCUT2D eigenvalue weighted by Gasteiger charge is 2.59. The lowest BCUT2D eigenvalue weighted by Gasteiger charge is -2.32. The largest absolute Gasteiger partial charge is 0.417 e. The van der Waals surface area contributed by atoms with Crippen molar-refractivity contribution in [1.29, 1.82) is 10.5 Å². The van der Waals surface area contributed by atoms with Crippen molar-refractivity contribution in [3.63, 3.8) is 0 Å². The van der Waals surface area contributed by atoms with E-state index in [1.54, 1.807) is 12.1 Å². The topological polar surface area (TPSA) is 158 Å². The molecule has 2 aliphatic rings. The van der Waals surface area contributed by atoms with Gasteiger partial charge < -0.3 is 19.6 Å². The Bertz CT molecular complexity index is 2520. The van der Waals surface area contributed by atoms with E-state index >= 15 is 0 Å². The van der Waals surface area contributed by atoms with Gasteiger partial charge in [0.05, 0.1) is 70.9 Å². The van der Waals surface area contributed by atoms with Crippen molar-refractivity contribution in [1.82, 2.24) is 9.80 Å². The number of benzene rings is 4. The summed E-state index contributed by atoms with van der Waals surface area (Å²) in [6.45, 7) is 2.57. The number of rotatable bonds is 9. The molecule has 6 rings (SSSR count). The number of nitrogens with zero attached hydrogens (tertiary/aromatic N) is 6. The number of alkyl halides is 8. The van der Waals surface area contributed by atoms with Crippen LogP contribution in [0, 0.1) is 22.7 Å². The predicted octanol–water partition coefficient (Wildman–Crippen LogP) is 9.67. The first-order valence-electron chi connectivity index (χ1n) is 18.0. The third-order valence-corrected chi connectivity index (χ3v) is 10.5. The normalized spacial score (nSPS) is 18.5. The second-order valence-electron chi connectivity index (χ2n) is 13.4. The molecule has 2 fully saturated rings. The fourth-order valence-corrected chi connectivity index (χ4v) is 7.05. The minimum atomic E-state index is -4.86. The van der Waals surface area contributed by atoms with Crippen LogP contribution in [0.1, 0.15) is 33.4 Å². The zero-order chi connectivity index (χ0) is 47.9. The smallest absolute Gasteiger partial charge is 0.393 e. The number of imide groups is 2. The molecule has 0 saturated carbocycles. The maximum atomic E-state index is 13.6. The van der Waals surface area contributed by atoms with Crippen LogP contribution in [0.4, 0.5) is 47.3 Å². The van der Waals surface area contributed by atoms with E-state index in [1.165, 1.54) is 68.7 Å². The number of urea groups is 2. The molecule has 0 aliphatic carbocycles. The van der Waals surface area contributed by atoms with Crippen molar-refractivity contribution in [2.45, 2.75) is 23.4 Å². The molecule has 2 unspecified atom stereocenters. The molecule has 2 heterocycles. The Balaban J connectivity index is 0.000000265. The average molecular weight is 973 g/mol. The summed E-state index contributed by atoms with van der Waals surface area (Å²) in [6.07, 6.45) is -8.24. The highest BCUT2D eigenvalue weighted by molar-refractivity contribution is 6.40. The van der Waals surface area contributed by atoms with Gasteiger partial charge in [-0.1, -0.05) is 53.5 Å². The zero-order valence-electron chi connectivity index (χ0n) is 33.1. The van der Waals surface area contributed by atoms with Crippen LogP contribution >= 0.6 is 46.4 Å². The number of hydrogen-bond acceptors (Lipinski definition) is 8. The molecule has 0 bridgehead atoms. The SMILES string of the molecule is C=CCOCC1(c2ccc(Cl)cc2)C(=O)N(c2ccc(C#N)c(C(F)(F)F)c2)C(=O)N1C.CN1C(=O)N(c2ccc(C#N)c(C(F)(F)F)c2)C(=O)C1(CO)c1ccc(Cl)cc1.ClCCl. The van der Waals surface area contributed by atoms with Crippen LogP contribution < -0.4 is 9.80 Å². The van der Waals surface area contributed by atoms with Gasteiger partial charge in [-0.2, -0.15) is 36.9 Å². The van der Waals surface area contributed by atoms with Gasteiger partial charge in [0.1, 0.15) is 0 Å². The first-order valence-corrected chi connectivity index (χ1v) is 19.8. The molecule has 2 aliphatic heterocycles. The van der Waals surface area contributed by atoms with Crippen LogP contribution in [-0.4, -0.2) is 78.0 Å². The summed E-state index contributed by atoms with van der Waals surface area (Å²) >= 11 is 21.3. The highest BCUT2D eigenvalue weighted by Crippen LogP contribution is 2.43. The number of carbonyl (C=O) groups is 4. The number of anilines is 2. The first-order chi connectivity index (χ1) is 30.1. The molecule has 6 amide bonds. The third-order valence-electron chi connectivity index (χ3n) is 10.0. The number of aliphatic hydroxyl groups is 1. The molecule has 0 spiro atoms. The minimum absolute atomic E-state index is 0.0831. The number of nitriles is 2. The number of carbonyl (C=O) groups excluding carboxylic acids is 4. The van der Waals surface area contributed by atoms with E-state index < -0.39 is 76.2 Å². The van der Waals surface area contributed by atoms with E-state index in [2.05, 4.69) is 6.58 Å². The summed E-state index contributed by atoms with van der Waals surface area (Å²) in [7, 11) is 2.62. The lowest BCUT2D eigenvalue weighted by atomic mass is 9.89. The number of likely N-dealkylation sites (N-methyl/N-ethyl adjacent to an activating group) is 2. The molecule has 4 aromatic carbocycles. The average Bonchev–Trinajstić information content (AvgIpc) is 3.57. The molecular weight excluding hydrogens is 940 g/mol. The van der Waals surface area contributed by atoms with E-state index in [1.807, 2.05) is 0 Å². The number of amides is 6. The van der Waals surface area contributed by atoms with Crippen LogP contribution in [0.15, 0.2) is 97.6 Å². The standard InChI is InChI=1S/C22H17ClF3N3O3.C19H13ClF3N3O3.CH2Cl2/c1-3-10-32-13-21(15-5-7-16(23)8-6-15)19(30)29(20(31)28(21)2)17-9-4-14(12-27)18(11-17)22(24,25)26;1-25-17(29)26(14-7-2-11(9-24)15(8-14)19(21,22)23)16(28)18(25,10-27)12-3-5-13(20)6-4-12;2-1-3/h3-9,11H,1,10,13H2,2H3;2-8,27H,10H2,1H3;1H2. The van der Waals surface area contributed by atoms with Crippen LogP contribution in [0.2, 0.25) is 10.0 Å².